The predicted molar refractivity (Wildman–Crippen MR) is 59.2 cm³/mol. The number of nitrogens with zero attached hydrogens (tertiary/aromatic N) is 2. The van der Waals surface area contributed by atoms with Crippen LogP contribution in [0.2, 0.25) is 0 Å². The summed E-state index contributed by atoms with van der Waals surface area (Å²) in [6, 6.07) is 13.2. The zero-order chi connectivity index (χ0) is 10.7. The number of hydrogen-bond donors (Lipinski definition) is 0. The van der Waals surface area contributed by atoms with Gasteiger partial charge in [-0.15, -0.1) is 11.3 Å². The van der Waals surface area contributed by atoms with Gasteiger partial charge in [0.05, 0.1) is 23.3 Å². The van der Waals surface area contributed by atoms with Crippen LogP contribution in [0.15, 0.2) is 35.7 Å². The van der Waals surface area contributed by atoms with E-state index in [1.165, 1.54) is 0 Å². The molecule has 0 saturated carbocycles. The van der Waals surface area contributed by atoms with Crippen molar-refractivity contribution in [3.05, 3.63) is 46.8 Å². The van der Waals surface area contributed by atoms with E-state index in [9.17, 15) is 0 Å². The van der Waals surface area contributed by atoms with Crippen molar-refractivity contribution in [1.29, 1.82) is 10.5 Å². The van der Waals surface area contributed by atoms with Crippen LogP contribution in [0.1, 0.15) is 11.1 Å². The lowest BCUT2D eigenvalue weighted by Crippen LogP contribution is -1.81. The Balaban J connectivity index is 2.59. The van der Waals surface area contributed by atoms with Crippen molar-refractivity contribution in [3.63, 3.8) is 0 Å². The summed E-state index contributed by atoms with van der Waals surface area (Å²) in [4.78, 5) is 1.07. The second kappa shape index (κ2) is 3.96. The van der Waals surface area contributed by atoms with Crippen LogP contribution in [-0.2, 0) is 0 Å². The minimum Gasteiger partial charge on any atom is -0.192 e. The molecule has 3 heteroatoms. The summed E-state index contributed by atoms with van der Waals surface area (Å²) in [5.41, 5.74) is 1.98. The maximum atomic E-state index is 8.82. The van der Waals surface area contributed by atoms with Crippen molar-refractivity contribution in [2.45, 2.75) is 0 Å². The highest BCUT2D eigenvalue weighted by Crippen LogP contribution is 2.26. The summed E-state index contributed by atoms with van der Waals surface area (Å²) in [6.07, 6.45) is 0. The first kappa shape index (κ1) is 9.45. The molecule has 0 N–H and O–H groups in total. The molecule has 2 rings (SSSR count). The van der Waals surface area contributed by atoms with E-state index in [0.29, 0.717) is 11.1 Å². The van der Waals surface area contributed by atoms with Crippen molar-refractivity contribution < 1.29 is 0 Å². The van der Waals surface area contributed by atoms with Gasteiger partial charge in [0, 0.05) is 4.88 Å². The highest BCUT2D eigenvalue weighted by Gasteiger charge is 2.03. The smallest absolute Gasteiger partial charge is 0.0992 e. The summed E-state index contributed by atoms with van der Waals surface area (Å²) in [6.45, 7) is 0. The topological polar surface area (TPSA) is 47.6 Å². The third-order valence-electron chi connectivity index (χ3n) is 2.00. The summed E-state index contributed by atoms with van der Waals surface area (Å²) in [7, 11) is 0. The van der Waals surface area contributed by atoms with Crippen LogP contribution >= 0.6 is 11.3 Å². The Labute approximate surface area is 91.6 Å². The lowest BCUT2D eigenvalue weighted by atomic mass is 10.1. The van der Waals surface area contributed by atoms with Gasteiger partial charge in [0.25, 0.3) is 0 Å². The average Bonchev–Trinajstić information content (AvgIpc) is 2.81. The van der Waals surface area contributed by atoms with Crippen LogP contribution in [-0.4, -0.2) is 0 Å². The van der Waals surface area contributed by atoms with Crippen LogP contribution in [0.5, 0.6) is 0 Å². The molecule has 1 aromatic carbocycles. The first-order chi connectivity index (χ1) is 7.33. The zero-order valence-corrected chi connectivity index (χ0v) is 8.58. The quantitative estimate of drug-likeness (QED) is 0.725. The first-order valence-corrected chi connectivity index (χ1v) is 5.20. The monoisotopic (exact) mass is 210 g/mol. The molecule has 0 aliphatic heterocycles. The highest BCUT2D eigenvalue weighted by molar-refractivity contribution is 7.13. The van der Waals surface area contributed by atoms with E-state index < -0.39 is 0 Å². The lowest BCUT2D eigenvalue weighted by molar-refractivity contribution is 1.45. The molecule has 0 fully saturated rings. The summed E-state index contributed by atoms with van der Waals surface area (Å²) < 4.78 is 0. The Morgan fingerprint density at radius 2 is 1.67 bits per heavy atom. The van der Waals surface area contributed by atoms with Crippen LogP contribution < -0.4 is 0 Å². The van der Waals surface area contributed by atoms with Gasteiger partial charge < -0.3 is 0 Å². The molecule has 0 atom stereocenters. The van der Waals surface area contributed by atoms with Gasteiger partial charge in [0.1, 0.15) is 0 Å². The molecule has 1 heterocycles. The van der Waals surface area contributed by atoms with Gasteiger partial charge in [-0.3, -0.25) is 0 Å². The molecular formula is C12H6N2S. The van der Waals surface area contributed by atoms with Gasteiger partial charge in [0.2, 0.25) is 0 Å². The second-order valence-corrected chi connectivity index (χ2v) is 3.95. The third kappa shape index (κ3) is 1.88. The van der Waals surface area contributed by atoms with Crippen molar-refractivity contribution in [2.75, 3.05) is 0 Å². The Bertz CT molecular complexity index is 524. The largest absolute Gasteiger partial charge is 0.192 e. The van der Waals surface area contributed by atoms with Gasteiger partial charge in [-0.1, -0.05) is 6.07 Å². The standard InChI is InChI=1S/C12H6N2S/c13-7-9-4-10(8-14)6-11(5-9)12-2-1-3-15-12/h1-6H. The van der Waals surface area contributed by atoms with E-state index in [-0.39, 0.29) is 0 Å². The Kier molecular flexibility index (Phi) is 2.49. The fraction of sp³-hybridized carbons (Fsp3) is 0. The Hall–Kier alpha value is -2.10. The second-order valence-electron chi connectivity index (χ2n) is 3.00. The molecule has 15 heavy (non-hydrogen) atoms. The van der Waals surface area contributed by atoms with E-state index >= 15 is 0 Å². The van der Waals surface area contributed by atoms with Crippen LogP contribution in [0.25, 0.3) is 10.4 Å². The molecule has 0 aliphatic carbocycles. The zero-order valence-electron chi connectivity index (χ0n) is 7.77. The molecule has 2 nitrogen and oxygen atoms in total. The van der Waals surface area contributed by atoms with Crippen molar-refractivity contribution in [2.24, 2.45) is 0 Å². The molecule has 0 saturated heterocycles. The van der Waals surface area contributed by atoms with E-state index in [1.54, 1.807) is 29.5 Å². The molecule has 0 bridgehead atoms. The molecule has 0 spiro atoms. The molecule has 0 unspecified atom stereocenters. The number of thiophene rings is 1. The molecule has 0 amide bonds. The first-order valence-electron chi connectivity index (χ1n) is 4.32. The maximum Gasteiger partial charge on any atom is 0.0992 e. The SMILES string of the molecule is N#Cc1cc(C#N)cc(-c2cccs2)c1. The Morgan fingerprint density at radius 3 is 2.13 bits per heavy atom. The normalized spacial score (nSPS) is 9.20. The van der Waals surface area contributed by atoms with Gasteiger partial charge in [-0.25, -0.2) is 0 Å². The Morgan fingerprint density at radius 1 is 1.00 bits per heavy atom. The highest BCUT2D eigenvalue weighted by atomic mass is 32.1. The van der Waals surface area contributed by atoms with Crippen molar-refractivity contribution in [1.82, 2.24) is 0 Å². The third-order valence-corrected chi connectivity index (χ3v) is 2.92. The minimum absolute atomic E-state index is 0.525. The molecule has 2 aromatic rings. The lowest BCUT2D eigenvalue weighted by Gasteiger charge is -1.99. The summed E-state index contributed by atoms with van der Waals surface area (Å²) >= 11 is 1.60. The molecule has 1 aromatic heterocycles. The summed E-state index contributed by atoms with van der Waals surface area (Å²) in [5, 5.41) is 19.6. The fourth-order valence-corrected chi connectivity index (χ4v) is 2.06. The number of nitriles is 2. The fourth-order valence-electron chi connectivity index (χ4n) is 1.34. The molecule has 0 radical (unpaired) electrons. The van der Waals surface area contributed by atoms with E-state index in [4.69, 9.17) is 10.5 Å². The molecular weight excluding hydrogens is 204 g/mol. The summed E-state index contributed by atoms with van der Waals surface area (Å²) in [5.74, 6) is 0. The van der Waals surface area contributed by atoms with Gasteiger partial charge in [-0.05, 0) is 35.2 Å². The van der Waals surface area contributed by atoms with Crippen LogP contribution in [0, 0.1) is 22.7 Å². The van der Waals surface area contributed by atoms with E-state index in [1.807, 2.05) is 17.5 Å². The number of hydrogen-bond acceptors (Lipinski definition) is 3. The molecule has 70 valence electrons. The number of rotatable bonds is 1. The van der Waals surface area contributed by atoms with Gasteiger partial charge in [-0.2, -0.15) is 10.5 Å². The maximum absolute atomic E-state index is 8.82. The van der Waals surface area contributed by atoms with Gasteiger partial charge in [0.15, 0.2) is 0 Å². The van der Waals surface area contributed by atoms with E-state index in [2.05, 4.69) is 12.1 Å². The average molecular weight is 210 g/mol. The van der Waals surface area contributed by atoms with Crippen molar-refractivity contribution >= 4 is 11.3 Å². The predicted octanol–water partition coefficient (Wildman–Crippen LogP) is 3.16. The van der Waals surface area contributed by atoms with Crippen molar-refractivity contribution in [3.8, 4) is 22.6 Å². The van der Waals surface area contributed by atoms with E-state index in [0.717, 1.165) is 10.4 Å². The van der Waals surface area contributed by atoms with Crippen LogP contribution in [0.3, 0.4) is 0 Å². The van der Waals surface area contributed by atoms with Gasteiger partial charge >= 0.3 is 0 Å². The molecule has 0 aliphatic rings. The number of benzene rings is 1. The minimum atomic E-state index is 0.525. The van der Waals surface area contributed by atoms with Crippen LogP contribution in [0.4, 0.5) is 0 Å².